The van der Waals surface area contributed by atoms with Crippen LogP contribution in [-0.2, 0) is 0 Å². The van der Waals surface area contributed by atoms with Gasteiger partial charge < -0.3 is 25.6 Å². The van der Waals surface area contributed by atoms with Crippen molar-refractivity contribution in [3.05, 3.63) is 24.3 Å². The number of rotatable bonds is 5. The molecule has 0 fully saturated rings. The van der Waals surface area contributed by atoms with Crippen LogP contribution in [0.1, 0.15) is 0 Å². The summed E-state index contributed by atoms with van der Waals surface area (Å²) in [5, 5.41) is 30.4. The van der Waals surface area contributed by atoms with E-state index < -0.39 is 25.4 Å². The van der Waals surface area contributed by atoms with Gasteiger partial charge in [-0.15, -0.1) is 0 Å². The molecule has 0 spiro atoms. The summed E-state index contributed by atoms with van der Waals surface area (Å²) >= 11 is 0. The predicted molar refractivity (Wildman–Crippen MR) is 63.7 cm³/mol. The molecule has 0 radical (unpaired) electrons. The molecular formula is C11H15N3O3. The number of aromatic nitrogens is 2. The summed E-state index contributed by atoms with van der Waals surface area (Å²) in [5.41, 5.74) is 0.448. The molecule has 6 heteroatoms. The number of hydrogen-bond donors (Lipinski definition) is 5. The van der Waals surface area contributed by atoms with Crippen LogP contribution < -0.4 is 5.32 Å². The van der Waals surface area contributed by atoms with Crippen LogP contribution in [0.2, 0.25) is 0 Å². The fourth-order valence-electron chi connectivity index (χ4n) is 1.53. The van der Waals surface area contributed by atoms with E-state index in [0.717, 1.165) is 11.0 Å². The zero-order valence-corrected chi connectivity index (χ0v) is 9.22. The van der Waals surface area contributed by atoms with E-state index >= 15 is 0 Å². The Morgan fingerprint density at radius 2 is 1.76 bits per heavy atom. The fraction of sp³-hybridized carbons (Fsp3) is 0.364. The van der Waals surface area contributed by atoms with Crippen LogP contribution in [0.4, 0.5) is 5.95 Å². The minimum atomic E-state index is -1.17. The molecule has 17 heavy (non-hydrogen) atoms. The summed E-state index contributed by atoms with van der Waals surface area (Å²) < 4.78 is 0. The van der Waals surface area contributed by atoms with E-state index in [9.17, 15) is 15.3 Å². The number of anilines is 1. The van der Waals surface area contributed by atoms with Gasteiger partial charge >= 0.3 is 0 Å². The summed E-state index contributed by atoms with van der Waals surface area (Å²) in [6, 6.07) is 7.45. The maximum Gasteiger partial charge on any atom is 0.201 e. The first kappa shape index (κ1) is 11.8. The average molecular weight is 237 g/mol. The minimum Gasteiger partial charge on any atom is -0.394 e. The predicted octanol–water partition coefficient (Wildman–Crippen LogP) is -0.310. The van der Waals surface area contributed by atoms with Gasteiger partial charge in [-0.3, -0.25) is 0 Å². The number of H-pyrrole nitrogens is 1. The number of aliphatic hydroxyl groups excluding tert-OH is 3. The molecule has 0 aliphatic rings. The highest BCUT2D eigenvalue weighted by molar-refractivity contribution is 5.77. The molecule has 6 nitrogen and oxygen atoms in total. The van der Waals surface area contributed by atoms with Gasteiger partial charge in [0.15, 0.2) is 0 Å². The molecule has 0 unspecified atom stereocenters. The third-order valence-electron chi connectivity index (χ3n) is 2.68. The Morgan fingerprint density at radius 1 is 1.12 bits per heavy atom. The first-order chi connectivity index (χ1) is 8.23. The van der Waals surface area contributed by atoms with E-state index in [1.807, 2.05) is 24.3 Å². The molecule has 1 aromatic heterocycles. The van der Waals surface area contributed by atoms with Crippen molar-refractivity contribution in [1.82, 2.24) is 9.97 Å². The highest BCUT2D eigenvalue weighted by Crippen LogP contribution is 2.17. The zero-order chi connectivity index (χ0) is 12.3. The van der Waals surface area contributed by atoms with E-state index in [1.54, 1.807) is 0 Å². The zero-order valence-electron chi connectivity index (χ0n) is 9.22. The van der Waals surface area contributed by atoms with E-state index in [1.165, 1.54) is 0 Å². The lowest BCUT2D eigenvalue weighted by molar-refractivity contribution is 0.0829. The van der Waals surface area contributed by atoms with Crippen molar-refractivity contribution < 1.29 is 15.3 Å². The van der Waals surface area contributed by atoms with Gasteiger partial charge in [0.2, 0.25) is 5.95 Å². The summed E-state index contributed by atoms with van der Waals surface area (Å²) in [6.07, 6.45) is 0. The minimum absolute atomic E-state index is 0.392. The van der Waals surface area contributed by atoms with Gasteiger partial charge in [0.25, 0.3) is 0 Å². The normalized spacial score (nSPS) is 11.9. The maximum absolute atomic E-state index is 9.19. The molecule has 0 aliphatic carbocycles. The van der Waals surface area contributed by atoms with Crippen molar-refractivity contribution in [2.75, 3.05) is 25.1 Å². The van der Waals surface area contributed by atoms with Gasteiger partial charge in [-0.2, -0.15) is 0 Å². The number of para-hydroxylation sites is 2. The molecule has 0 saturated heterocycles. The second-order valence-corrected chi connectivity index (χ2v) is 3.98. The summed E-state index contributed by atoms with van der Waals surface area (Å²) in [5.74, 6) is 0.406. The van der Waals surface area contributed by atoms with Crippen LogP contribution >= 0.6 is 0 Å². The van der Waals surface area contributed by atoms with Crippen molar-refractivity contribution in [1.29, 1.82) is 0 Å². The van der Waals surface area contributed by atoms with Crippen LogP contribution in [0.3, 0.4) is 0 Å². The van der Waals surface area contributed by atoms with E-state index in [2.05, 4.69) is 15.3 Å². The van der Waals surface area contributed by atoms with Crippen LogP contribution in [0.25, 0.3) is 11.0 Å². The Balaban J connectivity index is 2.28. The maximum atomic E-state index is 9.19. The number of fused-ring (bicyclic) bond motifs is 1. The van der Waals surface area contributed by atoms with Crippen LogP contribution in [0.15, 0.2) is 24.3 Å². The van der Waals surface area contributed by atoms with Gasteiger partial charge in [-0.25, -0.2) is 4.98 Å². The smallest absolute Gasteiger partial charge is 0.201 e. The van der Waals surface area contributed by atoms with Gasteiger partial charge in [0.1, 0.15) is 5.54 Å². The van der Waals surface area contributed by atoms with Crippen LogP contribution in [0.5, 0.6) is 0 Å². The molecule has 0 bridgehead atoms. The number of aliphatic hydroxyl groups is 3. The van der Waals surface area contributed by atoms with Crippen LogP contribution in [-0.4, -0.2) is 50.6 Å². The molecule has 5 N–H and O–H groups in total. The lowest BCUT2D eigenvalue weighted by Crippen LogP contribution is -2.49. The van der Waals surface area contributed by atoms with Crippen molar-refractivity contribution in [2.24, 2.45) is 0 Å². The molecule has 1 heterocycles. The largest absolute Gasteiger partial charge is 0.394 e. The number of nitrogens with zero attached hydrogens (tertiary/aromatic N) is 1. The van der Waals surface area contributed by atoms with E-state index in [0.29, 0.717) is 5.95 Å². The monoisotopic (exact) mass is 237 g/mol. The van der Waals surface area contributed by atoms with Crippen molar-refractivity contribution in [2.45, 2.75) is 5.54 Å². The van der Waals surface area contributed by atoms with Gasteiger partial charge in [0, 0.05) is 0 Å². The van der Waals surface area contributed by atoms with Gasteiger partial charge in [-0.1, -0.05) is 12.1 Å². The van der Waals surface area contributed by atoms with Crippen LogP contribution in [0, 0.1) is 0 Å². The van der Waals surface area contributed by atoms with Crippen molar-refractivity contribution in [3.63, 3.8) is 0 Å². The molecule has 0 aliphatic heterocycles. The molecule has 1 aromatic carbocycles. The molecule has 2 aromatic rings. The Kier molecular flexibility index (Phi) is 3.28. The van der Waals surface area contributed by atoms with Gasteiger partial charge in [-0.05, 0) is 12.1 Å². The molecule has 92 valence electrons. The quantitative estimate of drug-likeness (QED) is 0.491. The fourth-order valence-corrected chi connectivity index (χ4v) is 1.53. The highest BCUT2D eigenvalue weighted by atomic mass is 16.3. The third-order valence-corrected chi connectivity index (χ3v) is 2.68. The molecule has 0 saturated carbocycles. The lowest BCUT2D eigenvalue weighted by Gasteiger charge is -2.28. The Bertz CT molecular complexity index is 452. The summed E-state index contributed by atoms with van der Waals surface area (Å²) in [4.78, 5) is 7.24. The highest BCUT2D eigenvalue weighted by Gasteiger charge is 2.28. The standard InChI is InChI=1S/C11H15N3O3/c15-5-11(6-16,7-17)14-10-12-8-3-1-2-4-9(8)13-10/h1-4,15-17H,5-7H2,(H2,12,13,14). The third kappa shape index (κ3) is 2.23. The first-order valence-corrected chi connectivity index (χ1v) is 5.28. The summed E-state index contributed by atoms with van der Waals surface area (Å²) in [6.45, 7) is -1.18. The SMILES string of the molecule is OCC(CO)(CO)Nc1nc2ccccc2[nH]1. The second-order valence-electron chi connectivity index (χ2n) is 3.98. The van der Waals surface area contributed by atoms with E-state index in [-0.39, 0.29) is 0 Å². The number of aromatic amines is 1. The second kappa shape index (κ2) is 4.70. The summed E-state index contributed by atoms with van der Waals surface area (Å²) in [7, 11) is 0. The molecule has 0 amide bonds. The lowest BCUT2D eigenvalue weighted by atomic mass is 10.0. The Labute approximate surface area is 97.9 Å². The first-order valence-electron chi connectivity index (χ1n) is 5.28. The van der Waals surface area contributed by atoms with Crippen molar-refractivity contribution in [3.8, 4) is 0 Å². The number of benzene rings is 1. The molecular weight excluding hydrogens is 222 g/mol. The topological polar surface area (TPSA) is 101 Å². The Hall–Kier alpha value is -1.63. The van der Waals surface area contributed by atoms with Gasteiger partial charge in [0.05, 0.1) is 30.9 Å². The van der Waals surface area contributed by atoms with E-state index in [4.69, 9.17) is 0 Å². The molecule has 2 rings (SSSR count). The number of hydrogen-bond acceptors (Lipinski definition) is 5. The van der Waals surface area contributed by atoms with Crippen molar-refractivity contribution >= 4 is 17.0 Å². The average Bonchev–Trinajstić information content (AvgIpc) is 2.78. The number of nitrogens with one attached hydrogen (secondary N) is 2. The Morgan fingerprint density at radius 3 is 2.35 bits per heavy atom. The number of imidazole rings is 1. The molecule has 0 atom stereocenters.